The van der Waals surface area contributed by atoms with Crippen molar-refractivity contribution in [2.45, 2.75) is 32.6 Å². The summed E-state index contributed by atoms with van der Waals surface area (Å²) in [4.78, 5) is 6.76. The lowest BCUT2D eigenvalue weighted by Crippen LogP contribution is -2.42. The van der Waals surface area contributed by atoms with Gasteiger partial charge in [0.1, 0.15) is 0 Å². The highest BCUT2D eigenvalue weighted by atomic mass is 16.5. The molecule has 2 aliphatic heterocycles. The predicted octanol–water partition coefficient (Wildman–Crippen LogP) is 1.49. The Labute approximate surface area is 122 Å². The highest BCUT2D eigenvalue weighted by Crippen LogP contribution is 2.37. The molecule has 0 aromatic heterocycles. The van der Waals surface area contributed by atoms with Gasteiger partial charge in [-0.05, 0) is 19.3 Å². The second-order valence-electron chi connectivity index (χ2n) is 5.91. The maximum Gasteiger partial charge on any atom is 0.193 e. The fraction of sp³-hybridized carbons (Fsp3) is 0.933. The van der Waals surface area contributed by atoms with Gasteiger partial charge in [-0.2, -0.15) is 0 Å². The monoisotopic (exact) mass is 283 g/mol. The first-order chi connectivity index (χ1) is 9.79. The maximum atomic E-state index is 5.57. The van der Waals surface area contributed by atoms with E-state index in [-0.39, 0.29) is 0 Å². The molecule has 0 radical (unpaired) electrons. The number of nitrogens with one attached hydrogen (secondary N) is 1. The molecule has 0 saturated carbocycles. The van der Waals surface area contributed by atoms with Crippen LogP contribution >= 0.6 is 0 Å². The van der Waals surface area contributed by atoms with E-state index in [2.05, 4.69) is 22.1 Å². The van der Waals surface area contributed by atoms with Crippen LogP contribution in [0.15, 0.2) is 4.99 Å². The van der Waals surface area contributed by atoms with E-state index in [4.69, 9.17) is 9.47 Å². The molecule has 1 N–H and O–H groups in total. The van der Waals surface area contributed by atoms with E-state index < -0.39 is 0 Å². The number of unbranched alkanes of at least 4 members (excludes halogenated alkanes) is 1. The summed E-state index contributed by atoms with van der Waals surface area (Å²) in [5.74, 6) is 1.01. The number of nitrogens with zero attached hydrogens (tertiary/aromatic N) is 2. The van der Waals surface area contributed by atoms with Gasteiger partial charge in [0.05, 0.1) is 13.2 Å². The first kappa shape index (κ1) is 15.6. The summed E-state index contributed by atoms with van der Waals surface area (Å²) in [6, 6.07) is 0. The van der Waals surface area contributed by atoms with Crippen LogP contribution in [-0.2, 0) is 9.47 Å². The van der Waals surface area contributed by atoms with Crippen molar-refractivity contribution in [1.82, 2.24) is 10.2 Å². The Morgan fingerprint density at radius 1 is 1.40 bits per heavy atom. The zero-order chi connectivity index (χ0) is 14.3. The Balaban J connectivity index is 1.67. The first-order valence-corrected chi connectivity index (χ1v) is 7.91. The SMILES string of the molecule is CCCCOCCNC(=NC)N1CCC2(CCOC2)C1. The van der Waals surface area contributed by atoms with Crippen LogP contribution in [0.3, 0.4) is 0 Å². The van der Waals surface area contributed by atoms with E-state index in [9.17, 15) is 0 Å². The van der Waals surface area contributed by atoms with Crippen molar-refractivity contribution in [3.63, 3.8) is 0 Å². The predicted molar refractivity (Wildman–Crippen MR) is 81.1 cm³/mol. The smallest absolute Gasteiger partial charge is 0.193 e. The largest absolute Gasteiger partial charge is 0.381 e. The van der Waals surface area contributed by atoms with Gasteiger partial charge in [-0.15, -0.1) is 0 Å². The van der Waals surface area contributed by atoms with Crippen molar-refractivity contribution >= 4 is 5.96 Å². The van der Waals surface area contributed by atoms with E-state index in [1.165, 1.54) is 19.3 Å². The van der Waals surface area contributed by atoms with Gasteiger partial charge in [0.2, 0.25) is 0 Å². The van der Waals surface area contributed by atoms with Crippen molar-refractivity contribution in [2.75, 3.05) is 53.1 Å². The first-order valence-electron chi connectivity index (χ1n) is 7.91. The molecular formula is C15H29N3O2. The van der Waals surface area contributed by atoms with Gasteiger partial charge in [0.15, 0.2) is 5.96 Å². The summed E-state index contributed by atoms with van der Waals surface area (Å²) in [6.45, 7) is 8.62. The zero-order valence-electron chi connectivity index (χ0n) is 13.0. The van der Waals surface area contributed by atoms with Crippen LogP contribution < -0.4 is 5.32 Å². The zero-order valence-corrected chi connectivity index (χ0v) is 13.0. The number of ether oxygens (including phenoxy) is 2. The lowest BCUT2D eigenvalue weighted by molar-refractivity contribution is 0.135. The standard InChI is InChI=1S/C15H29N3O2/c1-3-4-9-19-11-7-17-14(16-2)18-8-5-15(12-18)6-10-20-13-15/h3-13H2,1-2H3,(H,16,17). The number of hydrogen-bond acceptors (Lipinski definition) is 3. The summed E-state index contributed by atoms with van der Waals surface area (Å²) in [5.41, 5.74) is 0.384. The van der Waals surface area contributed by atoms with Gasteiger partial charge in [-0.25, -0.2) is 0 Å². The quantitative estimate of drug-likeness (QED) is 0.456. The van der Waals surface area contributed by atoms with Crippen molar-refractivity contribution in [2.24, 2.45) is 10.4 Å². The molecule has 1 atom stereocenters. The minimum Gasteiger partial charge on any atom is -0.381 e. The molecule has 2 rings (SSSR count). The van der Waals surface area contributed by atoms with Crippen LogP contribution in [-0.4, -0.2) is 64.0 Å². The Kier molecular flexibility index (Phi) is 6.10. The number of rotatable bonds is 6. The molecule has 0 bridgehead atoms. The van der Waals surface area contributed by atoms with Gasteiger partial charge in [0, 0.05) is 45.3 Å². The molecule has 0 aromatic rings. The molecule has 20 heavy (non-hydrogen) atoms. The van der Waals surface area contributed by atoms with Crippen LogP contribution in [0.1, 0.15) is 32.6 Å². The summed E-state index contributed by atoms with van der Waals surface area (Å²) < 4.78 is 11.1. The topological polar surface area (TPSA) is 46.1 Å². The summed E-state index contributed by atoms with van der Waals surface area (Å²) in [5, 5.41) is 3.40. The maximum absolute atomic E-state index is 5.57. The van der Waals surface area contributed by atoms with Crippen LogP contribution in [0.5, 0.6) is 0 Å². The van der Waals surface area contributed by atoms with Crippen molar-refractivity contribution < 1.29 is 9.47 Å². The van der Waals surface area contributed by atoms with Crippen LogP contribution in [0.4, 0.5) is 0 Å². The third-order valence-electron chi connectivity index (χ3n) is 4.31. The Bertz CT molecular complexity index is 314. The van der Waals surface area contributed by atoms with Crippen LogP contribution in [0.25, 0.3) is 0 Å². The van der Waals surface area contributed by atoms with Gasteiger partial charge < -0.3 is 19.7 Å². The van der Waals surface area contributed by atoms with Crippen molar-refractivity contribution in [3.05, 3.63) is 0 Å². The number of aliphatic imine (C=N–C) groups is 1. The Morgan fingerprint density at radius 2 is 2.30 bits per heavy atom. The lowest BCUT2D eigenvalue weighted by Gasteiger charge is -2.24. The molecule has 116 valence electrons. The molecule has 0 aliphatic carbocycles. The molecule has 2 fully saturated rings. The third-order valence-corrected chi connectivity index (χ3v) is 4.31. The molecule has 5 nitrogen and oxygen atoms in total. The van der Waals surface area contributed by atoms with E-state index >= 15 is 0 Å². The Morgan fingerprint density at radius 3 is 3.00 bits per heavy atom. The highest BCUT2D eigenvalue weighted by Gasteiger charge is 2.42. The van der Waals surface area contributed by atoms with E-state index in [0.717, 1.165) is 58.4 Å². The minimum absolute atomic E-state index is 0.384. The minimum atomic E-state index is 0.384. The van der Waals surface area contributed by atoms with Crippen molar-refractivity contribution in [3.8, 4) is 0 Å². The van der Waals surface area contributed by atoms with Gasteiger partial charge >= 0.3 is 0 Å². The van der Waals surface area contributed by atoms with E-state index in [0.29, 0.717) is 5.41 Å². The van der Waals surface area contributed by atoms with E-state index in [1.54, 1.807) is 0 Å². The van der Waals surface area contributed by atoms with Crippen LogP contribution in [0, 0.1) is 5.41 Å². The van der Waals surface area contributed by atoms with Crippen molar-refractivity contribution in [1.29, 1.82) is 0 Å². The molecular weight excluding hydrogens is 254 g/mol. The molecule has 0 aromatic carbocycles. The molecule has 1 unspecified atom stereocenters. The molecule has 0 amide bonds. The second kappa shape index (κ2) is 7.84. The molecule has 5 heteroatoms. The average molecular weight is 283 g/mol. The van der Waals surface area contributed by atoms with Gasteiger partial charge in [0.25, 0.3) is 0 Å². The molecule has 2 aliphatic rings. The van der Waals surface area contributed by atoms with Gasteiger partial charge in [-0.1, -0.05) is 13.3 Å². The van der Waals surface area contributed by atoms with Crippen LogP contribution in [0.2, 0.25) is 0 Å². The van der Waals surface area contributed by atoms with E-state index in [1.807, 2.05) is 7.05 Å². The molecule has 2 heterocycles. The average Bonchev–Trinajstić information content (AvgIpc) is 3.09. The summed E-state index contributed by atoms with van der Waals surface area (Å²) >= 11 is 0. The number of likely N-dealkylation sites (tertiary alicyclic amines) is 1. The molecule has 1 spiro atoms. The molecule has 2 saturated heterocycles. The number of hydrogen-bond donors (Lipinski definition) is 1. The number of guanidine groups is 1. The fourth-order valence-corrected chi connectivity index (χ4v) is 3.00. The highest BCUT2D eigenvalue weighted by molar-refractivity contribution is 5.80. The second-order valence-corrected chi connectivity index (χ2v) is 5.91. The van der Waals surface area contributed by atoms with Gasteiger partial charge in [-0.3, -0.25) is 4.99 Å². The summed E-state index contributed by atoms with van der Waals surface area (Å²) in [7, 11) is 1.86. The normalized spacial score (nSPS) is 26.7. The Hall–Kier alpha value is -0.810. The third kappa shape index (κ3) is 4.09. The fourth-order valence-electron chi connectivity index (χ4n) is 3.00. The summed E-state index contributed by atoms with van der Waals surface area (Å²) in [6.07, 6.45) is 4.75. The lowest BCUT2D eigenvalue weighted by atomic mass is 9.87.